The summed E-state index contributed by atoms with van der Waals surface area (Å²) in [5.41, 5.74) is 4.96. The van der Waals surface area contributed by atoms with Crippen LogP contribution in [-0.2, 0) is 25.8 Å². The zero-order chi connectivity index (χ0) is 22.1. The predicted molar refractivity (Wildman–Crippen MR) is 124 cm³/mol. The van der Waals surface area contributed by atoms with Crippen LogP contribution in [0.3, 0.4) is 0 Å². The Morgan fingerprint density at radius 2 is 2.03 bits per heavy atom. The average molecular weight is 412 g/mol. The second-order valence-corrected chi connectivity index (χ2v) is 7.56. The summed E-state index contributed by atoms with van der Waals surface area (Å²) in [4.78, 5) is 0. The van der Waals surface area contributed by atoms with Crippen LogP contribution in [0.4, 0.5) is 0 Å². The van der Waals surface area contributed by atoms with Gasteiger partial charge in [-0.1, -0.05) is 57.6 Å². The predicted octanol–water partition coefficient (Wildman–Crippen LogP) is 4.85. The molecule has 6 heteroatoms. The molecule has 30 heavy (non-hydrogen) atoms. The van der Waals surface area contributed by atoms with Crippen LogP contribution in [0.5, 0.6) is 0 Å². The maximum Gasteiger partial charge on any atom is 0.182 e. The standard InChI is InChI=1S/C23H33N5.CH4O/c1-6-10-13-17(5)28-22-19(20(9-4)26-28)14-15-27-21(24-25-23(22)27)16-18(11-7-2)12-8-3;1-2/h7-8,11-12,17H,2,6,9-10,13-16H2,1,3-5H3;2H,1H3/b12-8-,18-11+;. The number of nitrogens with zero attached hydrogens (tertiary/aromatic N) is 5. The van der Waals surface area contributed by atoms with Crippen LogP contribution >= 0.6 is 0 Å². The zero-order valence-electron chi connectivity index (χ0n) is 19.2. The van der Waals surface area contributed by atoms with E-state index in [4.69, 9.17) is 10.2 Å². The van der Waals surface area contributed by atoms with Gasteiger partial charge in [-0.25, -0.2) is 0 Å². The number of hydrogen-bond donors (Lipinski definition) is 1. The second-order valence-electron chi connectivity index (χ2n) is 7.56. The molecular formula is C24H37N5O. The second kappa shape index (κ2) is 11.6. The third-order valence-corrected chi connectivity index (χ3v) is 5.52. The molecule has 1 N–H and O–H groups in total. The smallest absolute Gasteiger partial charge is 0.182 e. The van der Waals surface area contributed by atoms with Crippen molar-refractivity contribution in [1.82, 2.24) is 24.5 Å². The van der Waals surface area contributed by atoms with Crippen molar-refractivity contribution in [2.75, 3.05) is 7.11 Å². The highest BCUT2D eigenvalue weighted by Gasteiger charge is 2.29. The number of aliphatic hydroxyl groups is 1. The summed E-state index contributed by atoms with van der Waals surface area (Å²) in [5, 5.41) is 21.2. The van der Waals surface area contributed by atoms with Crippen molar-refractivity contribution in [1.29, 1.82) is 0 Å². The number of hydrogen-bond acceptors (Lipinski definition) is 4. The van der Waals surface area contributed by atoms with Gasteiger partial charge >= 0.3 is 0 Å². The molecule has 1 aliphatic heterocycles. The molecule has 0 aliphatic carbocycles. The molecule has 6 nitrogen and oxygen atoms in total. The average Bonchev–Trinajstić information content (AvgIpc) is 3.35. The van der Waals surface area contributed by atoms with E-state index in [0.29, 0.717) is 6.04 Å². The van der Waals surface area contributed by atoms with Gasteiger partial charge in [-0.2, -0.15) is 5.10 Å². The Hall–Kier alpha value is -2.47. The summed E-state index contributed by atoms with van der Waals surface area (Å²) in [7, 11) is 1.00. The maximum atomic E-state index is 7.00. The van der Waals surface area contributed by atoms with E-state index in [0.717, 1.165) is 51.0 Å². The van der Waals surface area contributed by atoms with Crippen LogP contribution in [0.2, 0.25) is 0 Å². The lowest BCUT2D eigenvalue weighted by molar-refractivity contribution is 0.399. The molecule has 3 heterocycles. The van der Waals surface area contributed by atoms with Crippen molar-refractivity contribution in [3.8, 4) is 11.5 Å². The van der Waals surface area contributed by atoms with E-state index in [-0.39, 0.29) is 0 Å². The van der Waals surface area contributed by atoms with Gasteiger partial charge in [-0.05, 0) is 38.7 Å². The SMILES string of the molecule is C=C/C=C(\C=C/C)Cc1nnc2n1CCc1c(CC)nn(C(C)CCCC)c1-2.CO. The minimum absolute atomic E-state index is 0.375. The van der Waals surface area contributed by atoms with Crippen LogP contribution in [0.25, 0.3) is 11.5 Å². The van der Waals surface area contributed by atoms with E-state index in [1.165, 1.54) is 35.4 Å². The molecule has 0 saturated heterocycles. The molecule has 0 fully saturated rings. The molecule has 0 saturated carbocycles. The van der Waals surface area contributed by atoms with Gasteiger partial charge in [0.15, 0.2) is 5.82 Å². The fraction of sp³-hybridized carbons (Fsp3) is 0.542. The Balaban J connectivity index is 0.00000155. The van der Waals surface area contributed by atoms with Gasteiger partial charge in [-0.15, -0.1) is 10.2 Å². The van der Waals surface area contributed by atoms with Crippen LogP contribution in [0, 0.1) is 0 Å². The molecule has 0 bridgehead atoms. The molecule has 3 rings (SSSR count). The number of fused-ring (bicyclic) bond motifs is 3. The molecule has 1 atom stereocenters. The molecule has 2 aromatic rings. The van der Waals surface area contributed by atoms with Crippen molar-refractivity contribution < 1.29 is 5.11 Å². The lowest BCUT2D eigenvalue weighted by atomic mass is 10.0. The molecular weight excluding hydrogens is 374 g/mol. The van der Waals surface area contributed by atoms with Crippen molar-refractivity contribution in [2.24, 2.45) is 0 Å². The summed E-state index contributed by atoms with van der Waals surface area (Å²) < 4.78 is 4.51. The highest BCUT2D eigenvalue weighted by Crippen LogP contribution is 2.34. The van der Waals surface area contributed by atoms with Crippen LogP contribution in [-0.4, -0.2) is 36.8 Å². The van der Waals surface area contributed by atoms with E-state index < -0.39 is 0 Å². The van der Waals surface area contributed by atoms with Crippen LogP contribution in [0.1, 0.15) is 70.1 Å². The van der Waals surface area contributed by atoms with E-state index in [2.05, 4.69) is 58.9 Å². The van der Waals surface area contributed by atoms with E-state index in [1.807, 2.05) is 19.1 Å². The first-order valence-electron chi connectivity index (χ1n) is 11.1. The minimum atomic E-state index is 0.375. The van der Waals surface area contributed by atoms with Crippen molar-refractivity contribution in [3.63, 3.8) is 0 Å². The van der Waals surface area contributed by atoms with E-state index in [9.17, 15) is 0 Å². The molecule has 0 spiro atoms. The monoisotopic (exact) mass is 411 g/mol. The Bertz CT molecular complexity index is 888. The number of aryl methyl sites for hydroxylation is 1. The first-order valence-corrected chi connectivity index (χ1v) is 11.1. The summed E-state index contributed by atoms with van der Waals surface area (Å²) >= 11 is 0. The number of aromatic nitrogens is 5. The molecule has 0 aromatic carbocycles. The summed E-state index contributed by atoms with van der Waals surface area (Å²) in [6.07, 6.45) is 14.3. The molecule has 2 aromatic heterocycles. The van der Waals surface area contributed by atoms with Crippen LogP contribution in [0.15, 0.2) is 36.5 Å². The molecule has 1 unspecified atom stereocenters. The maximum absolute atomic E-state index is 7.00. The topological polar surface area (TPSA) is 68.8 Å². The molecule has 0 amide bonds. The lowest BCUT2D eigenvalue weighted by Crippen LogP contribution is -2.17. The zero-order valence-corrected chi connectivity index (χ0v) is 19.2. The first kappa shape index (κ1) is 23.8. The van der Waals surface area contributed by atoms with Gasteiger partial charge in [0.1, 0.15) is 11.5 Å². The number of rotatable bonds is 9. The Kier molecular flexibility index (Phi) is 9.24. The van der Waals surface area contributed by atoms with Crippen molar-refractivity contribution in [2.45, 2.75) is 78.8 Å². The number of allylic oxidation sites excluding steroid dienone is 5. The van der Waals surface area contributed by atoms with E-state index in [1.54, 1.807) is 0 Å². The normalized spacial score (nSPS) is 14.1. The Morgan fingerprint density at radius 1 is 1.27 bits per heavy atom. The Morgan fingerprint density at radius 3 is 2.67 bits per heavy atom. The Labute approximate surface area is 181 Å². The lowest BCUT2D eigenvalue weighted by Gasteiger charge is -2.20. The summed E-state index contributed by atoms with van der Waals surface area (Å²) in [5.74, 6) is 1.99. The third kappa shape index (κ3) is 4.98. The van der Waals surface area contributed by atoms with Crippen molar-refractivity contribution >= 4 is 0 Å². The first-order chi connectivity index (χ1) is 14.6. The van der Waals surface area contributed by atoms with Gasteiger partial charge in [0.25, 0.3) is 0 Å². The van der Waals surface area contributed by atoms with Gasteiger partial charge in [0.2, 0.25) is 0 Å². The largest absolute Gasteiger partial charge is 0.400 e. The van der Waals surface area contributed by atoms with E-state index >= 15 is 0 Å². The number of unbranched alkanes of at least 4 members (excludes halogenated alkanes) is 1. The highest BCUT2D eigenvalue weighted by atomic mass is 16.2. The van der Waals surface area contributed by atoms with Gasteiger partial charge in [0.05, 0.1) is 5.69 Å². The highest BCUT2D eigenvalue weighted by molar-refractivity contribution is 5.60. The summed E-state index contributed by atoms with van der Waals surface area (Å²) in [6, 6.07) is 0.375. The fourth-order valence-corrected chi connectivity index (χ4v) is 4.06. The minimum Gasteiger partial charge on any atom is -0.400 e. The van der Waals surface area contributed by atoms with Gasteiger partial charge < -0.3 is 9.67 Å². The molecule has 1 aliphatic rings. The quantitative estimate of drug-likeness (QED) is 0.599. The van der Waals surface area contributed by atoms with Gasteiger partial charge in [-0.3, -0.25) is 4.68 Å². The summed E-state index contributed by atoms with van der Waals surface area (Å²) in [6.45, 7) is 13.5. The molecule has 164 valence electrons. The van der Waals surface area contributed by atoms with Crippen LogP contribution < -0.4 is 0 Å². The number of aliphatic hydroxyl groups excluding tert-OH is 1. The van der Waals surface area contributed by atoms with Gasteiger partial charge in [0, 0.05) is 31.7 Å². The third-order valence-electron chi connectivity index (χ3n) is 5.52. The molecule has 0 radical (unpaired) electrons. The fourth-order valence-electron chi connectivity index (χ4n) is 4.06. The van der Waals surface area contributed by atoms with Crippen molar-refractivity contribution in [3.05, 3.63) is 53.5 Å².